The molecule has 2 aromatic carbocycles. The molecule has 1 aliphatic rings. The van der Waals surface area contributed by atoms with Gasteiger partial charge in [0.05, 0.1) is 12.6 Å². The first-order chi connectivity index (χ1) is 9.36. The van der Waals surface area contributed by atoms with Crippen molar-refractivity contribution in [2.24, 2.45) is 0 Å². The molecule has 0 amide bonds. The summed E-state index contributed by atoms with van der Waals surface area (Å²) in [6, 6.07) is 17.2. The highest BCUT2D eigenvalue weighted by Gasteiger charge is 2.22. The van der Waals surface area contributed by atoms with Gasteiger partial charge in [-0.05, 0) is 30.7 Å². The van der Waals surface area contributed by atoms with E-state index in [1.807, 2.05) is 30.8 Å². The molecule has 0 aliphatic carbocycles. The number of nitrogens with one attached hydrogen (secondary N) is 1. The van der Waals surface area contributed by atoms with Gasteiger partial charge in [-0.3, -0.25) is 0 Å². The van der Waals surface area contributed by atoms with E-state index in [4.69, 9.17) is 4.74 Å². The van der Waals surface area contributed by atoms with E-state index in [0.29, 0.717) is 12.6 Å². The van der Waals surface area contributed by atoms with Crippen molar-refractivity contribution in [3.8, 4) is 5.75 Å². The number of hydrogen-bond acceptors (Lipinski definition) is 3. The van der Waals surface area contributed by atoms with Crippen LogP contribution in [-0.2, 0) is 0 Å². The normalized spacial score (nSPS) is 17.0. The first kappa shape index (κ1) is 12.4. The van der Waals surface area contributed by atoms with E-state index >= 15 is 0 Å². The van der Waals surface area contributed by atoms with Gasteiger partial charge in [0.2, 0.25) is 0 Å². The highest BCUT2D eigenvalue weighted by Crippen LogP contribution is 2.39. The molecule has 1 unspecified atom stereocenters. The van der Waals surface area contributed by atoms with Gasteiger partial charge in [-0.1, -0.05) is 24.3 Å². The second-order valence-electron chi connectivity index (χ2n) is 4.51. The molecular weight excluding hydrogens is 254 g/mol. The molecular formula is C16H17NOS. The molecule has 1 aliphatic heterocycles. The minimum absolute atomic E-state index is 0.387. The van der Waals surface area contributed by atoms with Crippen LogP contribution in [0.1, 0.15) is 18.5 Å². The van der Waals surface area contributed by atoms with Crippen LogP contribution in [0.25, 0.3) is 0 Å². The zero-order valence-corrected chi connectivity index (χ0v) is 11.7. The fourth-order valence-corrected chi connectivity index (χ4v) is 3.49. The Morgan fingerprint density at radius 1 is 1.21 bits per heavy atom. The highest BCUT2D eigenvalue weighted by molar-refractivity contribution is 7.99. The Kier molecular flexibility index (Phi) is 3.65. The molecule has 0 radical (unpaired) electrons. The molecule has 0 saturated heterocycles. The molecule has 0 fully saturated rings. The van der Waals surface area contributed by atoms with Gasteiger partial charge >= 0.3 is 0 Å². The molecule has 0 aromatic heterocycles. The van der Waals surface area contributed by atoms with Gasteiger partial charge in [0, 0.05) is 22.4 Å². The Hall–Kier alpha value is -1.61. The van der Waals surface area contributed by atoms with E-state index in [2.05, 4.69) is 41.7 Å². The third-order valence-electron chi connectivity index (χ3n) is 3.19. The number of hydrogen-bond donors (Lipinski definition) is 1. The van der Waals surface area contributed by atoms with Gasteiger partial charge in [0.15, 0.2) is 0 Å². The van der Waals surface area contributed by atoms with E-state index < -0.39 is 0 Å². The number of thioether (sulfide) groups is 1. The van der Waals surface area contributed by atoms with Crippen molar-refractivity contribution in [2.75, 3.05) is 17.7 Å². The number of fused-ring (bicyclic) bond motifs is 1. The molecule has 98 valence electrons. The van der Waals surface area contributed by atoms with E-state index in [9.17, 15) is 0 Å². The molecule has 2 aromatic rings. The molecule has 1 N–H and O–H groups in total. The lowest BCUT2D eigenvalue weighted by Gasteiger charge is -2.15. The summed E-state index contributed by atoms with van der Waals surface area (Å²) in [4.78, 5) is 1.39. The minimum Gasteiger partial charge on any atom is -0.494 e. The molecule has 1 heterocycles. The van der Waals surface area contributed by atoms with Crippen molar-refractivity contribution in [1.29, 1.82) is 0 Å². The van der Waals surface area contributed by atoms with E-state index in [-0.39, 0.29) is 0 Å². The van der Waals surface area contributed by atoms with Crippen LogP contribution in [0.4, 0.5) is 5.69 Å². The van der Waals surface area contributed by atoms with Crippen LogP contribution in [0.3, 0.4) is 0 Å². The van der Waals surface area contributed by atoms with Crippen LogP contribution in [0.15, 0.2) is 53.4 Å². The van der Waals surface area contributed by atoms with Gasteiger partial charge in [-0.25, -0.2) is 0 Å². The van der Waals surface area contributed by atoms with Crippen molar-refractivity contribution in [2.45, 2.75) is 17.9 Å². The topological polar surface area (TPSA) is 21.3 Å². The lowest BCUT2D eigenvalue weighted by molar-refractivity contribution is 0.340. The van der Waals surface area contributed by atoms with E-state index in [1.54, 1.807) is 0 Å². The van der Waals surface area contributed by atoms with E-state index in [1.165, 1.54) is 10.5 Å². The molecule has 0 spiro atoms. The third-order valence-corrected chi connectivity index (χ3v) is 4.37. The van der Waals surface area contributed by atoms with Gasteiger partial charge in [-0.15, -0.1) is 11.8 Å². The van der Waals surface area contributed by atoms with Crippen molar-refractivity contribution < 1.29 is 4.74 Å². The molecule has 3 rings (SSSR count). The van der Waals surface area contributed by atoms with Crippen LogP contribution >= 0.6 is 11.8 Å². The Bertz CT molecular complexity index is 570. The highest BCUT2D eigenvalue weighted by atomic mass is 32.2. The maximum Gasteiger partial charge on any atom is 0.121 e. The van der Waals surface area contributed by atoms with Gasteiger partial charge < -0.3 is 10.1 Å². The standard InChI is InChI=1S/C16H17NOS/c1-2-18-13-7-5-6-12(10-13)17-15-11-19-16-9-4-3-8-14(15)16/h3-10,15,17H,2,11H2,1H3. The second-order valence-corrected chi connectivity index (χ2v) is 5.57. The van der Waals surface area contributed by atoms with Crippen molar-refractivity contribution >= 4 is 17.4 Å². The third kappa shape index (κ3) is 2.71. The zero-order chi connectivity index (χ0) is 13.1. The summed E-state index contributed by atoms with van der Waals surface area (Å²) in [5.74, 6) is 2.00. The molecule has 1 atom stereocenters. The number of rotatable bonds is 4. The van der Waals surface area contributed by atoms with Crippen LogP contribution in [0, 0.1) is 0 Å². The van der Waals surface area contributed by atoms with Crippen LogP contribution in [-0.4, -0.2) is 12.4 Å². The minimum atomic E-state index is 0.387. The molecule has 3 heteroatoms. The summed E-state index contributed by atoms with van der Waals surface area (Å²) >= 11 is 1.92. The summed E-state index contributed by atoms with van der Waals surface area (Å²) in [6.45, 7) is 2.70. The Morgan fingerprint density at radius 3 is 3.00 bits per heavy atom. The molecule has 0 bridgehead atoms. The Morgan fingerprint density at radius 2 is 2.11 bits per heavy atom. The lowest BCUT2D eigenvalue weighted by atomic mass is 10.1. The lowest BCUT2D eigenvalue weighted by Crippen LogP contribution is -2.09. The van der Waals surface area contributed by atoms with Crippen molar-refractivity contribution in [1.82, 2.24) is 0 Å². The van der Waals surface area contributed by atoms with Gasteiger partial charge in [0.25, 0.3) is 0 Å². The zero-order valence-electron chi connectivity index (χ0n) is 10.9. The Balaban J connectivity index is 1.77. The Labute approximate surface area is 118 Å². The number of anilines is 1. The van der Waals surface area contributed by atoms with Crippen LogP contribution in [0.5, 0.6) is 5.75 Å². The van der Waals surface area contributed by atoms with Gasteiger partial charge in [-0.2, -0.15) is 0 Å². The van der Waals surface area contributed by atoms with Crippen molar-refractivity contribution in [3.63, 3.8) is 0 Å². The summed E-state index contributed by atoms with van der Waals surface area (Å²) in [5, 5.41) is 3.60. The fraction of sp³-hybridized carbons (Fsp3) is 0.250. The van der Waals surface area contributed by atoms with Crippen LogP contribution < -0.4 is 10.1 Å². The summed E-state index contributed by atoms with van der Waals surface area (Å²) < 4.78 is 5.54. The summed E-state index contributed by atoms with van der Waals surface area (Å²) in [7, 11) is 0. The molecule has 2 nitrogen and oxygen atoms in total. The quantitative estimate of drug-likeness (QED) is 0.893. The first-order valence-electron chi connectivity index (χ1n) is 6.58. The second kappa shape index (κ2) is 5.57. The monoisotopic (exact) mass is 271 g/mol. The molecule has 19 heavy (non-hydrogen) atoms. The number of ether oxygens (including phenoxy) is 1. The predicted octanol–water partition coefficient (Wildman–Crippen LogP) is 4.34. The smallest absolute Gasteiger partial charge is 0.121 e. The predicted molar refractivity (Wildman–Crippen MR) is 81.1 cm³/mol. The number of benzene rings is 2. The molecule has 0 saturated carbocycles. The van der Waals surface area contributed by atoms with E-state index in [0.717, 1.165) is 17.2 Å². The first-order valence-corrected chi connectivity index (χ1v) is 7.56. The fourth-order valence-electron chi connectivity index (χ4n) is 2.33. The largest absolute Gasteiger partial charge is 0.494 e. The van der Waals surface area contributed by atoms with Crippen molar-refractivity contribution in [3.05, 3.63) is 54.1 Å². The average Bonchev–Trinajstić information content (AvgIpc) is 2.83. The maximum absolute atomic E-state index is 5.54. The summed E-state index contributed by atoms with van der Waals surface area (Å²) in [5.41, 5.74) is 2.52. The SMILES string of the molecule is CCOc1cccc(NC2CSc3ccccc32)c1. The van der Waals surface area contributed by atoms with Gasteiger partial charge in [0.1, 0.15) is 5.75 Å². The van der Waals surface area contributed by atoms with Crippen LogP contribution in [0.2, 0.25) is 0 Å². The average molecular weight is 271 g/mol. The maximum atomic E-state index is 5.54. The summed E-state index contributed by atoms with van der Waals surface area (Å²) in [6.07, 6.45) is 0.